The standard InChI is InChI=1S/C17H20N6O2/c1-10-4-5-17(24)22(20-10)14-9-25-8-13(14)19-16-6-11(2)18-15-7-12(3)21-23(15)16/h4-7,13-14,19H,8-9H2,1-3H3. The number of ether oxygens (including phenoxy) is 1. The molecule has 0 spiro atoms. The number of hydrogen-bond donors (Lipinski definition) is 1. The van der Waals surface area contributed by atoms with Crippen LogP contribution in [0.15, 0.2) is 29.1 Å². The molecule has 0 bridgehead atoms. The molecule has 8 nitrogen and oxygen atoms in total. The van der Waals surface area contributed by atoms with E-state index in [-0.39, 0.29) is 17.6 Å². The minimum atomic E-state index is -0.174. The predicted molar refractivity (Wildman–Crippen MR) is 93.0 cm³/mol. The lowest BCUT2D eigenvalue weighted by Gasteiger charge is -2.21. The van der Waals surface area contributed by atoms with Gasteiger partial charge < -0.3 is 10.1 Å². The summed E-state index contributed by atoms with van der Waals surface area (Å²) in [6, 6.07) is 6.89. The normalized spacial score (nSPS) is 20.3. The highest BCUT2D eigenvalue weighted by molar-refractivity contribution is 5.51. The number of nitrogens with one attached hydrogen (secondary N) is 1. The minimum Gasteiger partial charge on any atom is -0.377 e. The summed E-state index contributed by atoms with van der Waals surface area (Å²) in [4.78, 5) is 16.7. The first-order valence-electron chi connectivity index (χ1n) is 8.26. The van der Waals surface area contributed by atoms with Crippen LogP contribution in [0.25, 0.3) is 5.65 Å². The first-order valence-corrected chi connectivity index (χ1v) is 8.26. The molecule has 1 saturated heterocycles. The zero-order valence-electron chi connectivity index (χ0n) is 14.4. The molecule has 1 N–H and O–H groups in total. The van der Waals surface area contributed by atoms with E-state index in [0.29, 0.717) is 13.2 Å². The van der Waals surface area contributed by atoms with Crippen LogP contribution < -0.4 is 10.9 Å². The molecule has 130 valence electrons. The molecule has 0 amide bonds. The van der Waals surface area contributed by atoms with Crippen molar-refractivity contribution >= 4 is 11.5 Å². The van der Waals surface area contributed by atoms with Crippen molar-refractivity contribution in [2.75, 3.05) is 18.5 Å². The molecule has 0 saturated carbocycles. The third-order valence-corrected chi connectivity index (χ3v) is 4.33. The fourth-order valence-electron chi connectivity index (χ4n) is 3.19. The molecule has 4 heterocycles. The van der Waals surface area contributed by atoms with E-state index in [2.05, 4.69) is 20.5 Å². The molecule has 4 rings (SSSR count). The third kappa shape index (κ3) is 2.89. The third-order valence-electron chi connectivity index (χ3n) is 4.33. The molecule has 8 heteroatoms. The number of aromatic nitrogens is 5. The van der Waals surface area contributed by atoms with Gasteiger partial charge in [0.25, 0.3) is 5.56 Å². The molecule has 1 aliphatic rings. The van der Waals surface area contributed by atoms with Gasteiger partial charge in [0.2, 0.25) is 0 Å². The van der Waals surface area contributed by atoms with Crippen molar-refractivity contribution in [1.29, 1.82) is 0 Å². The Bertz CT molecular complexity index is 992. The number of nitrogens with zero attached hydrogens (tertiary/aromatic N) is 5. The lowest BCUT2D eigenvalue weighted by Crippen LogP contribution is -2.37. The molecule has 1 aliphatic heterocycles. The van der Waals surface area contributed by atoms with E-state index < -0.39 is 0 Å². The van der Waals surface area contributed by atoms with Gasteiger partial charge in [0, 0.05) is 23.9 Å². The van der Waals surface area contributed by atoms with Gasteiger partial charge in [-0.3, -0.25) is 4.79 Å². The van der Waals surface area contributed by atoms with Gasteiger partial charge in [-0.1, -0.05) is 0 Å². The van der Waals surface area contributed by atoms with Crippen LogP contribution in [0.4, 0.5) is 5.82 Å². The maximum atomic E-state index is 12.2. The second-order valence-corrected chi connectivity index (χ2v) is 6.45. The maximum absolute atomic E-state index is 12.2. The molecular formula is C17H20N6O2. The van der Waals surface area contributed by atoms with Crippen LogP contribution in [0.3, 0.4) is 0 Å². The summed E-state index contributed by atoms with van der Waals surface area (Å²) in [5, 5.41) is 12.3. The SMILES string of the molecule is Cc1cc(NC2COCC2n2nc(C)ccc2=O)n2nc(C)cc2n1. The van der Waals surface area contributed by atoms with Crippen molar-refractivity contribution < 1.29 is 4.74 Å². The van der Waals surface area contributed by atoms with Crippen molar-refractivity contribution in [3.8, 4) is 0 Å². The highest BCUT2D eigenvalue weighted by Crippen LogP contribution is 2.23. The molecule has 3 aromatic rings. The number of hydrogen-bond acceptors (Lipinski definition) is 6. The van der Waals surface area contributed by atoms with E-state index in [1.165, 1.54) is 4.68 Å². The summed E-state index contributed by atoms with van der Waals surface area (Å²) < 4.78 is 8.93. The summed E-state index contributed by atoms with van der Waals surface area (Å²) in [5.74, 6) is 0.830. The molecule has 25 heavy (non-hydrogen) atoms. The summed E-state index contributed by atoms with van der Waals surface area (Å²) in [7, 11) is 0. The quantitative estimate of drug-likeness (QED) is 0.772. The number of anilines is 1. The number of rotatable bonds is 3. The fraction of sp³-hybridized carbons (Fsp3) is 0.412. The summed E-state index contributed by atoms with van der Waals surface area (Å²) in [6.07, 6.45) is 0. The fourth-order valence-corrected chi connectivity index (χ4v) is 3.19. The van der Waals surface area contributed by atoms with Crippen molar-refractivity contribution in [3.05, 3.63) is 51.7 Å². The lowest BCUT2D eigenvalue weighted by molar-refractivity contribution is 0.182. The van der Waals surface area contributed by atoms with Crippen LogP contribution in [0.5, 0.6) is 0 Å². The Labute approximate surface area is 144 Å². The van der Waals surface area contributed by atoms with E-state index >= 15 is 0 Å². The number of aryl methyl sites for hydroxylation is 3. The largest absolute Gasteiger partial charge is 0.377 e. The van der Waals surface area contributed by atoms with Gasteiger partial charge in [-0.15, -0.1) is 0 Å². The Morgan fingerprint density at radius 3 is 2.76 bits per heavy atom. The molecule has 2 atom stereocenters. The maximum Gasteiger partial charge on any atom is 0.267 e. The van der Waals surface area contributed by atoms with Crippen molar-refractivity contribution in [3.63, 3.8) is 0 Å². The van der Waals surface area contributed by atoms with Crippen molar-refractivity contribution in [2.45, 2.75) is 32.9 Å². The highest BCUT2D eigenvalue weighted by atomic mass is 16.5. The van der Waals surface area contributed by atoms with E-state index in [0.717, 1.165) is 28.5 Å². The first kappa shape index (κ1) is 15.8. The highest BCUT2D eigenvalue weighted by Gasteiger charge is 2.32. The van der Waals surface area contributed by atoms with Gasteiger partial charge in [-0.05, 0) is 26.8 Å². The van der Waals surface area contributed by atoms with Gasteiger partial charge in [0.15, 0.2) is 5.65 Å². The Morgan fingerprint density at radius 2 is 1.92 bits per heavy atom. The molecule has 3 aromatic heterocycles. The van der Waals surface area contributed by atoms with E-state index in [1.54, 1.807) is 16.6 Å². The van der Waals surface area contributed by atoms with Gasteiger partial charge in [-0.2, -0.15) is 14.7 Å². The summed E-state index contributed by atoms with van der Waals surface area (Å²) in [5.41, 5.74) is 3.27. The lowest BCUT2D eigenvalue weighted by atomic mass is 10.1. The summed E-state index contributed by atoms with van der Waals surface area (Å²) in [6.45, 7) is 6.69. The minimum absolute atomic E-state index is 0.0819. The van der Waals surface area contributed by atoms with Gasteiger partial charge >= 0.3 is 0 Å². The molecular weight excluding hydrogens is 320 g/mol. The van der Waals surface area contributed by atoms with Crippen LogP contribution in [0.2, 0.25) is 0 Å². The average molecular weight is 340 g/mol. The predicted octanol–water partition coefficient (Wildman–Crippen LogP) is 1.26. The van der Waals surface area contributed by atoms with Crippen LogP contribution in [0.1, 0.15) is 23.1 Å². The Hall–Kier alpha value is -2.74. The van der Waals surface area contributed by atoms with E-state index in [4.69, 9.17) is 4.74 Å². The van der Waals surface area contributed by atoms with Crippen LogP contribution in [-0.4, -0.2) is 43.6 Å². The molecule has 1 fully saturated rings. The monoisotopic (exact) mass is 340 g/mol. The molecule has 2 unspecified atom stereocenters. The number of fused-ring (bicyclic) bond motifs is 1. The van der Waals surface area contributed by atoms with Crippen LogP contribution in [0, 0.1) is 20.8 Å². The van der Waals surface area contributed by atoms with Crippen molar-refractivity contribution in [1.82, 2.24) is 24.4 Å². The smallest absolute Gasteiger partial charge is 0.267 e. The van der Waals surface area contributed by atoms with Crippen molar-refractivity contribution in [2.24, 2.45) is 0 Å². The zero-order valence-corrected chi connectivity index (χ0v) is 14.4. The van der Waals surface area contributed by atoms with E-state index in [9.17, 15) is 4.79 Å². The Morgan fingerprint density at radius 1 is 1.08 bits per heavy atom. The van der Waals surface area contributed by atoms with Crippen LogP contribution >= 0.6 is 0 Å². The van der Waals surface area contributed by atoms with E-state index in [1.807, 2.05) is 32.9 Å². The summed E-state index contributed by atoms with van der Waals surface area (Å²) >= 11 is 0. The van der Waals surface area contributed by atoms with Crippen LogP contribution in [-0.2, 0) is 4.74 Å². The zero-order chi connectivity index (χ0) is 17.6. The Balaban J connectivity index is 1.70. The Kier molecular flexibility index (Phi) is 3.76. The average Bonchev–Trinajstić information content (AvgIpc) is 3.15. The molecule has 0 radical (unpaired) electrons. The van der Waals surface area contributed by atoms with Gasteiger partial charge in [0.05, 0.1) is 30.6 Å². The second kappa shape index (κ2) is 5.96. The van der Waals surface area contributed by atoms with Gasteiger partial charge in [0.1, 0.15) is 11.9 Å². The topological polar surface area (TPSA) is 86.3 Å². The molecule has 0 aliphatic carbocycles. The van der Waals surface area contributed by atoms with Gasteiger partial charge in [-0.25, -0.2) is 9.67 Å². The first-order chi connectivity index (χ1) is 12.0. The molecule has 0 aromatic carbocycles. The second-order valence-electron chi connectivity index (χ2n) is 6.45.